The fourth-order valence-electron chi connectivity index (χ4n) is 3.06. The van der Waals surface area contributed by atoms with Crippen molar-refractivity contribution >= 4 is 17.0 Å². The summed E-state index contributed by atoms with van der Waals surface area (Å²) < 4.78 is 28.3. The molecule has 0 amide bonds. The van der Waals surface area contributed by atoms with Crippen LogP contribution in [0.25, 0.3) is 16.9 Å². The summed E-state index contributed by atoms with van der Waals surface area (Å²) in [4.78, 5) is 23.7. The Labute approximate surface area is 146 Å². The number of anilines is 1. The van der Waals surface area contributed by atoms with Crippen molar-refractivity contribution in [1.82, 2.24) is 24.6 Å². The molecule has 0 spiro atoms. The molecule has 26 heavy (non-hydrogen) atoms. The number of fused-ring (bicyclic) bond motifs is 1. The minimum absolute atomic E-state index is 0.0423. The second-order valence-electron chi connectivity index (χ2n) is 6.26. The summed E-state index contributed by atoms with van der Waals surface area (Å²) in [5.74, 6) is -2.03. The highest BCUT2D eigenvalue weighted by Gasteiger charge is 2.35. The van der Waals surface area contributed by atoms with E-state index in [0.29, 0.717) is 29.7 Å². The summed E-state index contributed by atoms with van der Waals surface area (Å²) in [6.07, 6.45) is 8.07. The number of nitrogens with zero attached hydrogens (tertiary/aromatic N) is 6. The first-order valence-electron chi connectivity index (χ1n) is 8.18. The lowest BCUT2D eigenvalue weighted by Crippen LogP contribution is -2.32. The molecule has 0 aliphatic heterocycles. The van der Waals surface area contributed by atoms with Crippen LogP contribution in [0, 0.1) is 4.91 Å². The van der Waals surface area contributed by atoms with Crippen molar-refractivity contribution in [3.05, 3.63) is 35.9 Å². The van der Waals surface area contributed by atoms with Gasteiger partial charge in [-0.15, -0.1) is 4.91 Å². The minimum atomic E-state index is -2.62. The smallest absolute Gasteiger partial charge is 0.248 e. The number of nitroso groups, excluding NO2 is 1. The number of hydrogen-bond donors (Lipinski definition) is 1. The van der Waals surface area contributed by atoms with Crippen LogP contribution >= 0.6 is 0 Å². The molecule has 0 bridgehead atoms. The Morgan fingerprint density at radius 3 is 2.81 bits per heavy atom. The number of rotatable bonds is 4. The maximum absolute atomic E-state index is 13.3. The van der Waals surface area contributed by atoms with Crippen LogP contribution in [0.4, 0.5) is 20.3 Å². The SMILES string of the molecule is O=Nc1cnc(-c2cnn3ccncc23)nc1NC1CCC(F)(F)CC1. The van der Waals surface area contributed by atoms with Crippen molar-refractivity contribution in [3.63, 3.8) is 0 Å². The van der Waals surface area contributed by atoms with Gasteiger partial charge < -0.3 is 5.32 Å². The lowest BCUT2D eigenvalue weighted by molar-refractivity contribution is -0.0361. The first-order chi connectivity index (χ1) is 12.6. The topological polar surface area (TPSA) is 97.4 Å². The van der Waals surface area contributed by atoms with Gasteiger partial charge >= 0.3 is 0 Å². The van der Waals surface area contributed by atoms with Crippen molar-refractivity contribution in [2.45, 2.75) is 37.6 Å². The Morgan fingerprint density at radius 2 is 2.04 bits per heavy atom. The van der Waals surface area contributed by atoms with E-state index >= 15 is 0 Å². The van der Waals surface area contributed by atoms with Crippen LogP contribution in [0.5, 0.6) is 0 Å². The molecule has 0 radical (unpaired) electrons. The molecule has 1 fully saturated rings. The molecule has 0 aromatic carbocycles. The Morgan fingerprint density at radius 1 is 1.23 bits per heavy atom. The zero-order chi connectivity index (χ0) is 18.1. The summed E-state index contributed by atoms with van der Waals surface area (Å²) in [5, 5.41) is 10.2. The Hall–Kier alpha value is -3.04. The molecule has 0 unspecified atom stereocenters. The van der Waals surface area contributed by atoms with Crippen molar-refractivity contribution < 1.29 is 8.78 Å². The zero-order valence-electron chi connectivity index (χ0n) is 13.6. The van der Waals surface area contributed by atoms with Gasteiger partial charge in [0.25, 0.3) is 0 Å². The third-order valence-corrected chi connectivity index (χ3v) is 4.49. The predicted molar refractivity (Wildman–Crippen MR) is 90.3 cm³/mol. The molecular formula is C16H15F2N7O. The van der Waals surface area contributed by atoms with Crippen molar-refractivity contribution in [1.29, 1.82) is 0 Å². The number of alkyl halides is 2. The molecule has 3 heterocycles. The van der Waals surface area contributed by atoms with Crippen molar-refractivity contribution in [2.75, 3.05) is 5.32 Å². The molecule has 4 rings (SSSR count). The molecule has 134 valence electrons. The Bertz CT molecular complexity index is 949. The number of aromatic nitrogens is 5. The predicted octanol–water partition coefficient (Wildman–Crippen LogP) is 3.57. The number of halogens is 2. The fourth-order valence-corrected chi connectivity index (χ4v) is 3.06. The van der Waals surface area contributed by atoms with Crippen LogP contribution in [-0.2, 0) is 0 Å². The zero-order valence-corrected chi connectivity index (χ0v) is 13.6. The summed E-state index contributed by atoms with van der Waals surface area (Å²) >= 11 is 0. The summed E-state index contributed by atoms with van der Waals surface area (Å²) in [6, 6.07) is -0.191. The molecule has 8 nitrogen and oxygen atoms in total. The van der Waals surface area contributed by atoms with Gasteiger partial charge in [0, 0.05) is 31.3 Å². The van der Waals surface area contributed by atoms with E-state index in [0.717, 1.165) is 0 Å². The van der Waals surface area contributed by atoms with Crippen LogP contribution in [0.1, 0.15) is 25.7 Å². The van der Waals surface area contributed by atoms with Crippen LogP contribution in [0.3, 0.4) is 0 Å². The minimum Gasteiger partial charge on any atom is -0.365 e. The van der Waals surface area contributed by atoms with E-state index in [1.807, 2.05) is 0 Å². The maximum atomic E-state index is 13.3. The van der Waals surface area contributed by atoms with E-state index in [2.05, 4.69) is 30.5 Å². The average molecular weight is 359 g/mol. The van der Waals surface area contributed by atoms with Gasteiger partial charge in [-0.05, 0) is 18.0 Å². The molecule has 0 atom stereocenters. The van der Waals surface area contributed by atoms with Gasteiger partial charge in [-0.3, -0.25) is 4.98 Å². The molecule has 1 aliphatic rings. The van der Waals surface area contributed by atoms with Gasteiger partial charge in [-0.25, -0.2) is 23.3 Å². The molecule has 1 saturated carbocycles. The molecule has 3 aromatic rings. The monoisotopic (exact) mass is 359 g/mol. The van der Waals surface area contributed by atoms with E-state index in [1.165, 1.54) is 6.20 Å². The van der Waals surface area contributed by atoms with Gasteiger partial charge in [-0.1, -0.05) is 0 Å². The normalized spacial score (nSPS) is 17.3. The van der Waals surface area contributed by atoms with Gasteiger partial charge in [-0.2, -0.15) is 5.10 Å². The second-order valence-corrected chi connectivity index (χ2v) is 6.26. The molecule has 10 heteroatoms. The molecular weight excluding hydrogens is 344 g/mol. The van der Waals surface area contributed by atoms with E-state index in [-0.39, 0.29) is 30.4 Å². The fraction of sp³-hybridized carbons (Fsp3) is 0.375. The lowest BCUT2D eigenvalue weighted by atomic mass is 9.92. The van der Waals surface area contributed by atoms with E-state index in [4.69, 9.17) is 0 Å². The van der Waals surface area contributed by atoms with Crippen LogP contribution in [-0.4, -0.2) is 36.5 Å². The third-order valence-electron chi connectivity index (χ3n) is 4.49. The molecule has 1 aliphatic carbocycles. The first kappa shape index (κ1) is 16.4. The first-order valence-corrected chi connectivity index (χ1v) is 8.18. The van der Waals surface area contributed by atoms with Crippen molar-refractivity contribution in [3.8, 4) is 11.4 Å². The van der Waals surface area contributed by atoms with Gasteiger partial charge in [0.2, 0.25) is 5.92 Å². The maximum Gasteiger partial charge on any atom is 0.248 e. The number of hydrogen-bond acceptors (Lipinski definition) is 7. The van der Waals surface area contributed by atoms with Gasteiger partial charge in [0.05, 0.1) is 29.7 Å². The second kappa shape index (κ2) is 6.36. The summed E-state index contributed by atoms with van der Waals surface area (Å²) in [6.45, 7) is 0. The Kier molecular flexibility index (Phi) is 4.02. The standard InChI is InChI=1S/C16H15F2N7O/c17-16(18)3-1-10(2-4-16)22-15-12(24-26)8-20-14(23-15)11-7-21-25-6-5-19-9-13(11)25/h5-10H,1-4H2,(H,20,22,23). The average Bonchev–Trinajstić information content (AvgIpc) is 3.07. The molecule has 0 saturated heterocycles. The van der Waals surface area contributed by atoms with Crippen molar-refractivity contribution in [2.24, 2.45) is 5.18 Å². The van der Waals surface area contributed by atoms with E-state index in [1.54, 1.807) is 29.3 Å². The summed E-state index contributed by atoms with van der Waals surface area (Å²) in [7, 11) is 0. The quantitative estimate of drug-likeness (QED) is 0.715. The lowest BCUT2D eigenvalue weighted by Gasteiger charge is -2.29. The van der Waals surface area contributed by atoms with Crippen LogP contribution < -0.4 is 5.32 Å². The van der Waals surface area contributed by atoms with Gasteiger partial charge in [0.15, 0.2) is 17.3 Å². The highest BCUT2D eigenvalue weighted by atomic mass is 19.3. The highest BCUT2D eigenvalue weighted by Crippen LogP contribution is 2.35. The van der Waals surface area contributed by atoms with Crippen LogP contribution in [0.15, 0.2) is 36.2 Å². The Balaban J connectivity index is 1.65. The van der Waals surface area contributed by atoms with E-state index in [9.17, 15) is 13.7 Å². The largest absolute Gasteiger partial charge is 0.365 e. The molecule has 3 aromatic heterocycles. The highest BCUT2D eigenvalue weighted by molar-refractivity contribution is 5.76. The molecule has 1 N–H and O–H groups in total. The van der Waals surface area contributed by atoms with E-state index < -0.39 is 5.92 Å². The van der Waals surface area contributed by atoms with Crippen LogP contribution in [0.2, 0.25) is 0 Å². The number of nitrogens with one attached hydrogen (secondary N) is 1. The summed E-state index contributed by atoms with van der Waals surface area (Å²) in [5.41, 5.74) is 1.40. The third kappa shape index (κ3) is 3.09. The van der Waals surface area contributed by atoms with Gasteiger partial charge in [0.1, 0.15) is 0 Å².